The van der Waals surface area contributed by atoms with Gasteiger partial charge in [0.25, 0.3) is 0 Å². The van der Waals surface area contributed by atoms with E-state index in [2.05, 4.69) is 15.9 Å². The molecule has 0 bridgehead atoms. The molecule has 2 rings (SSSR count). The summed E-state index contributed by atoms with van der Waals surface area (Å²) in [5.74, 6) is -0.0237. The molecule has 1 heterocycles. The van der Waals surface area contributed by atoms with Gasteiger partial charge in [-0.05, 0) is 46.6 Å². The van der Waals surface area contributed by atoms with Crippen LogP contribution in [0, 0.1) is 6.92 Å². The molecule has 1 aromatic carbocycles. The number of hydrogen-bond donors (Lipinski definition) is 0. The number of benzene rings is 1. The van der Waals surface area contributed by atoms with Crippen LogP contribution in [0.5, 0.6) is 0 Å². The third kappa shape index (κ3) is 2.21. The molecule has 0 radical (unpaired) electrons. The summed E-state index contributed by atoms with van der Waals surface area (Å²) in [6.07, 6.45) is 0. The predicted octanol–water partition coefficient (Wildman–Crippen LogP) is 4.70. The van der Waals surface area contributed by atoms with Gasteiger partial charge in [-0.15, -0.1) is 11.3 Å². The van der Waals surface area contributed by atoms with E-state index in [-0.39, 0.29) is 5.78 Å². The quantitative estimate of drug-likeness (QED) is 0.734. The summed E-state index contributed by atoms with van der Waals surface area (Å²) in [5.41, 5.74) is 1.62. The van der Waals surface area contributed by atoms with Crippen LogP contribution in [0.15, 0.2) is 34.1 Å². The van der Waals surface area contributed by atoms with E-state index in [4.69, 9.17) is 11.6 Å². The van der Waals surface area contributed by atoms with E-state index in [0.29, 0.717) is 15.5 Å². The van der Waals surface area contributed by atoms with Gasteiger partial charge in [-0.3, -0.25) is 4.79 Å². The molecule has 0 saturated heterocycles. The van der Waals surface area contributed by atoms with Crippen LogP contribution in [0.3, 0.4) is 0 Å². The van der Waals surface area contributed by atoms with Gasteiger partial charge >= 0.3 is 0 Å². The summed E-state index contributed by atoms with van der Waals surface area (Å²) in [7, 11) is 0. The minimum absolute atomic E-state index is 0.0237. The number of thiophene rings is 1. The Kier molecular flexibility index (Phi) is 3.47. The maximum Gasteiger partial charge on any atom is 0.204 e. The molecule has 16 heavy (non-hydrogen) atoms. The van der Waals surface area contributed by atoms with Crippen molar-refractivity contribution in [2.24, 2.45) is 0 Å². The average Bonchev–Trinajstić information content (AvgIpc) is 2.59. The van der Waals surface area contributed by atoms with Crippen molar-refractivity contribution >= 4 is 44.7 Å². The molecule has 0 amide bonds. The van der Waals surface area contributed by atoms with Crippen LogP contribution >= 0.6 is 38.9 Å². The zero-order valence-electron chi connectivity index (χ0n) is 8.46. The fourth-order valence-corrected chi connectivity index (χ4v) is 3.06. The Morgan fingerprint density at radius 1 is 1.38 bits per heavy atom. The molecule has 0 N–H and O–H groups in total. The number of rotatable bonds is 2. The second kappa shape index (κ2) is 4.70. The van der Waals surface area contributed by atoms with Crippen molar-refractivity contribution in [3.63, 3.8) is 0 Å². The maximum absolute atomic E-state index is 12.1. The van der Waals surface area contributed by atoms with Crippen LogP contribution in [0.1, 0.15) is 20.8 Å². The Morgan fingerprint density at radius 2 is 2.06 bits per heavy atom. The Balaban J connectivity index is 2.43. The monoisotopic (exact) mass is 314 g/mol. The minimum Gasteiger partial charge on any atom is -0.288 e. The summed E-state index contributed by atoms with van der Waals surface area (Å²) >= 11 is 10.8. The lowest BCUT2D eigenvalue weighted by atomic mass is 10.1. The van der Waals surface area contributed by atoms with Crippen molar-refractivity contribution in [3.05, 3.63) is 55.1 Å². The second-order valence-corrected chi connectivity index (χ2v) is 6.15. The van der Waals surface area contributed by atoms with Crippen LogP contribution in [-0.4, -0.2) is 5.78 Å². The molecule has 0 unspecified atom stereocenters. The topological polar surface area (TPSA) is 17.1 Å². The number of ketones is 1. The van der Waals surface area contributed by atoms with Gasteiger partial charge in [0.15, 0.2) is 0 Å². The lowest BCUT2D eigenvalue weighted by Crippen LogP contribution is -1.98. The number of halogens is 2. The number of hydrogen-bond acceptors (Lipinski definition) is 2. The molecule has 0 spiro atoms. The normalized spacial score (nSPS) is 10.4. The van der Waals surface area contributed by atoms with Crippen LogP contribution in [-0.2, 0) is 0 Å². The van der Waals surface area contributed by atoms with Gasteiger partial charge in [0.05, 0.1) is 13.7 Å². The summed E-state index contributed by atoms with van der Waals surface area (Å²) in [5, 5.41) is 0.495. The molecule has 0 saturated carbocycles. The summed E-state index contributed by atoms with van der Waals surface area (Å²) < 4.78 is 0.989. The molecule has 0 aliphatic rings. The van der Waals surface area contributed by atoms with Crippen molar-refractivity contribution in [1.82, 2.24) is 0 Å². The van der Waals surface area contributed by atoms with E-state index < -0.39 is 0 Å². The first-order valence-corrected chi connectivity index (χ1v) is 6.63. The number of carbonyl (C=O) groups excluding carboxylic acids is 1. The maximum atomic E-state index is 12.1. The molecule has 82 valence electrons. The molecule has 2 aromatic rings. The van der Waals surface area contributed by atoms with Crippen LogP contribution in [0.4, 0.5) is 0 Å². The molecule has 0 aliphatic carbocycles. The Bertz CT molecular complexity index is 528. The summed E-state index contributed by atoms with van der Waals surface area (Å²) in [6, 6.07) is 8.97. The van der Waals surface area contributed by atoms with Gasteiger partial charge in [0, 0.05) is 5.56 Å². The molecule has 1 aromatic heterocycles. The SMILES string of the molecule is Cc1cc(C(=O)c2ccccc2Cl)sc1Br. The lowest BCUT2D eigenvalue weighted by Gasteiger charge is -1.99. The van der Waals surface area contributed by atoms with Crippen molar-refractivity contribution < 1.29 is 4.79 Å². The molecule has 1 nitrogen and oxygen atoms in total. The second-order valence-electron chi connectivity index (χ2n) is 3.38. The highest BCUT2D eigenvalue weighted by Crippen LogP contribution is 2.30. The third-order valence-corrected chi connectivity index (χ3v) is 4.66. The van der Waals surface area contributed by atoms with Crippen LogP contribution < -0.4 is 0 Å². The third-order valence-electron chi connectivity index (χ3n) is 2.20. The van der Waals surface area contributed by atoms with Crippen LogP contribution in [0.25, 0.3) is 0 Å². The van der Waals surface area contributed by atoms with Gasteiger partial charge in [0.1, 0.15) is 0 Å². The van der Waals surface area contributed by atoms with E-state index >= 15 is 0 Å². The molecule has 0 aliphatic heterocycles. The zero-order valence-corrected chi connectivity index (χ0v) is 11.6. The Labute approximate surface area is 111 Å². The average molecular weight is 316 g/mol. The van der Waals surface area contributed by atoms with E-state index in [1.807, 2.05) is 25.1 Å². The predicted molar refractivity (Wildman–Crippen MR) is 71.6 cm³/mol. The first-order valence-electron chi connectivity index (χ1n) is 4.65. The molecule has 0 fully saturated rings. The highest BCUT2D eigenvalue weighted by atomic mass is 79.9. The van der Waals surface area contributed by atoms with Gasteiger partial charge in [0.2, 0.25) is 5.78 Å². The van der Waals surface area contributed by atoms with E-state index in [1.165, 1.54) is 11.3 Å². The van der Waals surface area contributed by atoms with E-state index in [0.717, 1.165) is 9.35 Å². The molecular formula is C12H8BrClOS. The largest absolute Gasteiger partial charge is 0.288 e. The standard InChI is InChI=1S/C12H8BrClOS/c1-7-6-10(16-12(7)13)11(15)8-4-2-3-5-9(8)14/h2-6H,1H3. The van der Waals surface area contributed by atoms with Crippen molar-refractivity contribution in [2.45, 2.75) is 6.92 Å². The number of carbonyl (C=O) groups is 1. The van der Waals surface area contributed by atoms with Crippen molar-refractivity contribution in [3.8, 4) is 0 Å². The number of aryl methyl sites for hydroxylation is 1. The highest BCUT2D eigenvalue weighted by Gasteiger charge is 2.15. The minimum atomic E-state index is -0.0237. The lowest BCUT2D eigenvalue weighted by molar-refractivity contribution is 0.104. The van der Waals surface area contributed by atoms with Crippen LogP contribution in [0.2, 0.25) is 5.02 Å². The van der Waals surface area contributed by atoms with Gasteiger partial charge in [-0.2, -0.15) is 0 Å². The fourth-order valence-electron chi connectivity index (χ4n) is 1.35. The molecular weight excluding hydrogens is 308 g/mol. The zero-order chi connectivity index (χ0) is 11.7. The molecule has 4 heteroatoms. The van der Waals surface area contributed by atoms with Gasteiger partial charge < -0.3 is 0 Å². The highest BCUT2D eigenvalue weighted by molar-refractivity contribution is 9.11. The molecule has 0 atom stereocenters. The summed E-state index contributed by atoms with van der Waals surface area (Å²) in [6.45, 7) is 1.96. The first-order chi connectivity index (χ1) is 7.59. The Morgan fingerprint density at radius 3 is 2.62 bits per heavy atom. The smallest absolute Gasteiger partial charge is 0.204 e. The van der Waals surface area contributed by atoms with Gasteiger partial charge in [-0.25, -0.2) is 0 Å². The van der Waals surface area contributed by atoms with E-state index in [9.17, 15) is 4.79 Å². The fraction of sp³-hybridized carbons (Fsp3) is 0.0833. The van der Waals surface area contributed by atoms with Gasteiger partial charge in [-0.1, -0.05) is 23.7 Å². The first kappa shape index (κ1) is 11.8. The van der Waals surface area contributed by atoms with Crippen molar-refractivity contribution in [2.75, 3.05) is 0 Å². The van der Waals surface area contributed by atoms with E-state index in [1.54, 1.807) is 12.1 Å². The summed E-state index contributed by atoms with van der Waals surface area (Å²) in [4.78, 5) is 12.8. The Hall–Kier alpha value is -0.640. The van der Waals surface area contributed by atoms with Crippen molar-refractivity contribution in [1.29, 1.82) is 0 Å².